The lowest BCUT2D eigenvalue weighted by atomic mass is 10.1. The Morgan fingerprint density at radius 2 is 2.10 bits per heavy atom. The molecule has 2 nitrogen and oxygen atoms in total. The molecule has 0 aliphatic rings. The van der Waals surface area contributed by atoms with Gasteiger partial charge in [-0.3, -0.25) is 0 Å². The Hall–Kier alpha value is -0.370. The lowest BCUT2D eigenvalue weighted by Gasteiger charge is -2.18. The Bertz CT molecular complexity index is 99.4. The van der Waals surface area contributed by atoms with Crippen LogP contribution >= 0.6 is 0 Å². The van der Waals surface area contributed by atoms with Crippen molar-refractivity contribution < 1.29 is 4.79 Å². The number of unbranched alkanes of at least 4 members (excludes halogenated alkanes) is 1. The second-order valence-corrected chi connectivity index (χ2v) is 3.12. The van der Waals surface area contributed by atoms with E-state index in [0.29, 0.717) is 0 Å². The standard InChI is InChI=1S/C8H17NO/c1-4-5-6-9-8(2,3)7-10/h7,9H,4-6H2,1-3H3. The summed E-state index contributed by atoms with van der Waals surface area (Å²) in [7, 11) is 0. The van der Waals surface area contributed by atoms with Crippen LogP contribution in [-0.4, -0.2) is 18.4 Å². The molecule has 0 unspecified atom stereocenters. The molecule has 0 heterocycles. The van der Waals surface area contributed by atoms with E-state index in [1.165, 1.54) is 6.42 Å². The van der Waals surface area contributed by atoms with Crippen LogP contribution in [0.2, 0.25) is 0 Å². The molecule has 60 valence electrons. The first kappa shape index (κ1) is 9.63. The largest absolute Gasteiger partial charge is 0.306 e. The Balaban J connectivity index is 3.37. The Morgan fingerprint density at radius 1 is 1.50 bits per heavy atom. The Kier molecular flexibility index (Phi) is 4.28. The van der Waals surface area contributed by atoms with E-state index in [4.69, 9.17) is 0 Å². The van der Waals surface area contributed by atoms with Gasteiger partial charge in [-0.2, -0.15) is 0 Å². The van der Waals surface area contributed by atoms with Gasteiger partial charge in [-0.05, 0) is 26.8 Å². The third-order valence-electron chi connectivity index (χ3n) is 1.41. The van der Waals surface area contributed by atoms with Crippen molar-refractivity contribution in [2.24, 2.45) is 0 Å². The van der Waals surface area contributed by atoms with Crippen molar-refractivity contribution in [3.05, 3.63) is 0 Å². The molecule has 0 spiro atoms. The molecule has 0 aliphatic heterocycles. The van der Waals surface area contributed by atoms with Gasteiger partial charge in [-0.25, -0.2) is 0 Å². The normalized spacial score (nSPS) is 11.5. The molecule has 2 heteroatoms. The fourth-order valence-corrected chi connectivity index (χ4v) is 0.629. The zero-order chi connectivity index (χ0) is 8.04. The first-order valence-electron chi connectivity index (χ1n) is 3.84. The average Bonchev–Trinajstić information content (AvgIpc) is 1.89. The second-order valence-electron chi connectivity index (χ2n) is 3.12. The molecular weight excluding hydrogens is 126 g/mol. The maximum absolute atomic E-state index is 10.4. The smallest absolute Gasteiger partial charge is 0.139 e. The molecule has 0 aromatic rings. The Morgan fingerprint density at radius 3 is 2.50 bits per heavy atom. The van der Waals surface area contributed by atoms with Crippen molar-refractivity contribution in [1.29, 1.82) is 0 Å². The van der Waals surface area contributed by atoms with Crippen molar-refractivity contribution in [1.82, 2.24) is 5.32 Å². The van der Waals surface area contributed by atoms with Crippen molar-refractivity contribution in [2.75, 3.05) is 6.54 Å². The zero-order valence-electron chi connectivity index (χ0n) is 7.11. The van der Waals surface area contributed by atoms with Gasteiger partial charge in [0.2, 0.25) is 0 Å². The average molecular weight is 143 g/mol. The summed E-state index contributed by atoms with van der Waals surface area (Å²) in [6.07, 6.45) is 3.25. The maximum atomic E-state index is 10.4. The van der Waals surface area contributed by atoms with Gasteiger partial charge in [0.25, 0.3) is 0 Å². The van der Waals surface area contributed by atoms with Crippen molar-refractivity contribution >= 4 is 6.29 Å². The molecule has 0 aromatic carbocycles. The van der Waals surface area contributed by atoms with Crippen LogP contribution in [0.3, 0.4) is 0 Å². The summed E-state index contributed by atoms with van der Waals surface area (Å²) in [5, 5.41) is 3.14. The van der Waals surface area contributed by atoms with E-state index >= 15 is 0 Å². The molecule has 0 radical (unpaired) electrons. The quantitative estimate of drug-likeness (QED) is 0.465. The third kappa shape index (κ3) is 4.50. The molecule has 0 atom stereocenters. The molecule has 0 saturated carbocycles. The number of aldehydes is 1. The molecule has 10 heavy (non-hydrogen) atoms. The van der Waals surface area contributed by atoms with Crippen LogP contribution in [0.25, 0.3) is 0 Å². The highest BCUT2D eigenvalue weighted by Crippen LogP contribution is 1.96. The van der Waals surface area contributed by atoms with Crippen LogP contribution in [-0.2, 0) is 4.79 Å². The highest BCUT2D eigenvalue weighted by molar-refractivity contribution is 5.62. The minimum Gasteiger partial charge on any atom is -0.306 e. The monoisotopic (exact) mass is 143 g/mol. The summed E-state index contributed by atoms with van der Waals surface area (Å²) in [6.45, 7) is 6.84. The first-order valence-corrected chi connectivity index (χ1v) is 3.84. The number of carbonyl (C=O) groups excluding carboxylic acids is 1. The summed E-state index contributed by atoms with van der Waals surface area (Å²) < 4.78 is 0. The van der Waals surface area contributed by atoms with Crippen LogP contribution in [0.5, 0.6) is 0 Å². The van der Waals surface area contributed by atoms with Crippen LogP contribution in [0, 0.1) is 0 Å². The van der Waals surface area contributed by atoms with Crippen molar-refractivity contribution in [3.63, 3.8) is 0 Å². The van der Waals surface area contributed by atoms with Crippen LogP contribution < -0.4 is 5.32 Å². The van der Waals surface area contributed by atoms with E-state index in [2.05, 4.69) is 12.2 Å². The van der Waals surface area contributed by atoms with Crippen LogP contribution in [0.15, 0.2) is 0 Å². The lowest BCUT2D eigenvalue weighted by Crippen LogP contribution is -2.41. The second kappa shape index (κ2) is 4.45. The number of nitrogens with one attached hydrogen (secondary N) is 1. The van der Waals surface area contributed by atoms with Crippen molar-refractivity contribution in [3.8, 4) is 0 Å². The molecule has 0 saturated heterocycles. The first-order chi connectivity index (χ1) is 4.62. The Labute approximate surface area is 63.0 Å². The topological polar surface area (TPSA) is 29.1 Å². The van der Waals surface area contributed by atoms with Gasteiger partial charge in [0, 0.05) is 0 Å². The summed E-state index contributed by atoms with van der Waals surface area (Å²) >= 11 is 0. The molecule has 0 rings (SSSR count). The van der Waals surface area contributed by atoms with E-state index in [9.17, 15) is 4.79 Å². The van der Waals surface area contributed by atoms with Gasteiger partial charge < -0.3 is 10.1 Å². The number of hydrogen-bond acceptors (Lipinski definition) is 2. The number of carbonyl (C=O) groups is 1. The van der Waals surface area contributed by atoms with E-state index in [1.54, 1.807) is 0 Å². The van der Waals surface area contributed by atoms with Crippen LogP contribution in [0.4, 0.5) is 0 Å². The highest BCUT2D eigenvalue weighted by Gasteiger charge is 2.13. The predicted molar refractivity (Wildman–Crippen MR) is 43.1 cm³/mol. The summed E-state index contributed by atoms with van der Waals surface area (Å²) in [4.78, 5) is 10.4. The summed E-state index contributed by atoms with van der Waals surface area (Å²) in [6, 6.07) is 0. The highest BCUT2D eigenvalue weighted by atomic mass is 16.1. The molecular formula is C8H17NO. The number of rotatable bonds is 5. The molecule has 0 fully saturated rings. The molecule has 1 N–H and O–H groups in total. The van der Waals surface area contributed by atoms with Crippen LogP contribution in [0.1, 0.15) is 33.6 Å². The van der Waals surface area contributed by atoms with Gasteiger partial charge in [-0.15, -0.1) is 0 Å². The zero-order valence-corrected chi connectivity index (χ0v) is 7.11. The third-order valence-corrected chi connectivity index (χ3v) is 1.41. The minimum absolute atomic E-state index is 0.338. The summed E-state index contributed by atoms with van der Waals surface area (Å²) in [5.41, 5.74) is -0.338. The molecule has 0 aliphatic carbocycles. The van der Waals surface area contributed by atoms with Gasteiger partial charge in [-0.1, -0.05) is 13.3 Å². The SMILES string of the molecule is CCCCNC(C)(C)C=O. The van der Waals surface area contributed by atoms with Gasteiger partial charge in [0.15, 0.2) is 0 Å². The van der Waals surface area contributed by atoms with E-state index < -0.39 is 0 Å². The lowest BCUT2D eigenvalue weighted by molar-refractivity contribution is -0.112. The van der Waals surface area contributed by atoms with E-state index in [1.807, 2.05) is 13.8 Å². The predicted octanol–water partition coefficient (Wildman–Crippen LogP) is 1.35. The molecule has 0 bridgehead atoms. The van der Waals surface area contributed by atoms with E-state index in [-0.39, 0.29) is 5.54 Å². The van der Waals surface area contributed by atoms with Crippen molar-refractivity contribution in [2.45, 2.75) is 39.2 Å². The van der Waals surface area contributed by atoms with Gasteiger partial charge >= 0.3 is 0 Å². The molecule has 0 amide bonds. The summed E-state index contributed by atoms with van der Waals surface area (Å²) in [5.74, 6) is 0. The fraction of sp³-hybridized carbons (Fsp3) is 0.875. The van der Waals surface area contributed by atoms with E-state index in [0.717, 1.165) is 19.3 Å². The van der Waals surface area contributed by atoms with Gasteiger partial charge in [0.05, 0.1) is 5.54 Å². The fourth-order valence-electron chi connectivity index (χ4n) is 0.629. The minimum atomic E-state index is -0.338. The molecule has 0 aromatic heterocycles. The maximum Gasteiger partial charge on any atom is 0.139 e. The number of hydrogen-bond donors (Lipinski definition) is 1. The van der Waals surface area contributed by atoms with Gasteiger partial charge in [0.1, 0.15) is 6.29 Å².